The molecule has 1 saturated heterocycles. The first-order valence-electron chi connectivity index (χ1n) is 5.77. The fourth-order valence-electron chi connectivity index (χ4n) is 2.33. The molecule has 0 radical (unpaired) electrons. The van der Waals surface area contributed by atoms with Crippen LogP contribution in [0, 0.1) is 19.7 Å². The Hall–Kier alpha value is -0.410. The summed E-state index contributed by atoms with van der Waals surface area (Å²) in [7, 11) is 0. The number of halogens is 2. The molecule has 0 saturated carbocycles. The predicted octanol–water partition coefficient (Wildman–Crippen LogP) is 3.50. The van der Waals surface area contributed by atoms with Crippen LogP contribution < -0.4 is 5.32 Å². The monoisotopic (exact) mass is 285 g/mol. The predicted molar refractivity (Wildman–Crippen MR) is 68.3 cm³/mol. The summed E-state index contributed by atoms with van der Waals surface area (Å²) in [5, 5.41) is 3.42. The van der Waals surface area contributed by atoms with E-state index in [9.17, 15) is 4.39 Å². The molecule has 0 aromatic heterocycles. The van der Waals surface area contributed by atoms with Gasteiger partial charge in [0.05, 0.1) is 0 Å². The summed E-state index contributed by atoms with van der Waals surface area (Å²) >= 11 is 3.49. The van der Waals surface area contributed by atoms with Gasteiger partial charge in [0.1, 0.15) is 5.82 Å². The number of hydrogen-bond donors (Lipinski definition) is 1. The molecule has 1 aromatic carbocycles. The first-order chi connectivity index (χ1) is 7.59. The van der Waals surface area contributed by atoms with Gasteiger partial charge in [-0.1, -0.05) is 15.9 Å². The van der Waals surface area contributed by atoms with Crippen LogP contribution in [0.3, 0.4) is 0 Å². The largest absolute Gasteiger partial charge is 0.314 e. The Morgan fingerprint density at radius 3 is 2.88 bits per heavy atom. The molecular formula is C13H17BrFN. The van der Waals surface area contributed by atoms with Gasteiger partial charge in [-0.2, -0.15) is 0 Å². The summed E-state index contributed by atoms with van der Waals surface area (Å²) in [6.45, 7) is 4.88. The molecule has 1 atom stereocenters. The molecule has 1 aliphatic heterocycles. The number of benzene rings is 1. The molecule has 3 heteroatoms. The van der Waals surface area contributed by atoms with Gasteiger partial charge in [0, 0.05) is 10.5 Å². The molecule has 0 bridgehead atoms. The van der Waals surface area contributed by atoms with E-state index in [-0.39, 0.29) is 5.82 Å². The SMILES string of the molecule is Cc1cc(Br)c(C)c(CC2CCCN2)c1F. The van der Waals surface area contributed by atoms with Crippen molar-refractivity contribution in [3.63, 3.8) is 0 Å². The highest BCUT2D eigenvalue weighted by Gasteiger charge is 2.19. The topological polar surface area (TPSA) is 12.0 Å². The van der Waals surface area contributed by atoms with E-state index in [1.165, 1.54) is 6.42 Å². The van der Waals surface area contributed by atoms with Crippen LogP contribution in [0.25, 0.3) is 0 Å². The minimum atomic E-state index is -0.0330. The van der Waals surface area contributed by atoms with Crippen molar-refractivity contribution in [2.75, 3.05) is 6.54 Å². The molecule has 1 aromatic rings. The molecule has 0 aliphatic carbocycles. The van der Waals surface area contributed by atoms with Crippen LogP contribution in [0.15, 0.2) is 10.5 Å². The second kappa shape index (κ2) is 4.84. The van der Waals surface area contributed by atoms with Crippen LogP contribution >= 0.6 is 15.9 Å². The summed E-state index contributed by atoms with van der Waals surface area (Å²) in [5.74, 6) is -0.0330. The van der Waals surface area contributed by atoms with Crippen molar-refractivity contribution >= 4 is 15.9 Å². The molecule has 88 valence electrons. The normalized spacial score (nSPS) is 20.4. The molecule has 1 nitrogen and oxygen atoms in total. The standard InChI is InChI=1S/C13H17BrFN/c1-8-6-12(14)9(2)11(13(8)15)7-10-4-3-5-16-10/h6,10,16H,3-5,7H2,1-2H3. The lowest BCUT2D eigenvalue weighted by Crippen LogP contribution is -2.24. The van der Waals surface area contributed by atoms with E-state index < -0.39 is 0 Å². The van der Waals surface area contributed by atoms with Gasteiger partial charge in [-0.05, 0) is 62.4 Å². The zero-order valence-electron chi connectivity index (χ0n) is 9.74. The van der Waals surface area contributed by atoms with Gasteiger partial charge < -0.3 is 5.32 Å². The molecule has 1 fully saturated rings. The second-order valence-corrected chi connectivity index (χ2v) is 5.44. The van der Waals surface area contributed by atoms with Gasteiger partial charge in [-0.3, -0.25) is 0 Å². The lowest BCUT2D eigenvalue weighted by Gasteiger charge is -2.15. The molecule has 1 N–H and O–H groups in total. The zero-order chi connectivity index (χ0) is 11.7. The van der Waals surface area contributed by atoms with Gasteiger partial charge >= 0.3 is 0 Å². The van der Waals surface area contributed by atoms with Crippen molar-refractivity contribution in [3.8, 4) is 0 Å². The van der Waals surface area contributed by atoms with Crippen LogP contribution in [0.4, 0.5) is 4.39 Å². The molecule has 2 rings (SSSR count). The smallest absolute Gasteiger partial charge is 0.129 e. The Kier molecular flexibility index (Phi) is 3.65. The molecular weight excluding hydrogens is 269 g/mol. The van der Waals surface area contributed by atoms with E-state index in [2.05, 4.69) is 21.2 Å². The van der Waals surface area contributed by atoms with E-state index in [1.807, 2.05) is 19.9 Å². The first kappa shape index (κ1) is 12.1. The summed E-state index contributed by atoms with van der Waals surface area (Å²) in [4.78, 5) is 0. The minimum absolute atomic E-state index is 0.0330. The summed E-state index contributed by atoms with van der Waals surface area (Å²) < 4.78 is 15.1. The third-order valence-electron chi connectivity index (χ3n) is 3.38. The van der Waals surface area contributed by atoms with Crippen molar-refractivity contribution in [3.05, 3.63) is 33.0 Å². The molecule has 1 aliphatic rings. The first-order valence-corrected chi connectivity index (χ1v) is 6.56. The van der Waals surface area contributed by atoms with Gasteiger partial charge in [-0.25, -0.2) is 4.39 Å². The van der Waals surface area contributed by atoms with E-state index in [1.54, 1.807) is 0 Å². The van der Waals surface area contributed by atoms with Crippen LogP contribution in [-0.4, -0.2) is 12.6 Å². The van der Waals surface area contributed by atoms with Gasteiger partial charge in [0.15, 0.2) is 0 Å². The molecule has 0 amide bonds. The van der Waals surface area contributed by atoms with E-state index in [0.29, 0.717) is 6.04 Å². The van der Waals surface area contributed by atoms with Gasteiger partial charge in [0.2, 0.25) is 0 Å². The van der Waals surface area contributed by atoms with E-state index in [0.717, 1.165) is 40.5 Å². The Morgan fingerprint density at radius 1 is 1.50 bits per heavy atom. The van der Waals surface area contributed by atoms with Crippen LogP contribution in [0.1, 0.15) is 29.5 Å². The third kappa shape index (κ3) is 2.30. The van der Waals surface area contributed by atoms with Crippen molar-refractivity contribution in [1.82, 2.24) is 5.32 Å². The second-order valence-electron chi connectivity index (χ2n) is 4.59. The maximum absolute atomic E-state index is 14.0. The molecule has 1 heterocycles. The van der Waals surface area contributed by atoms with Crippen LogP contribution in [0.5, 0.6) is 0 Å². The summed E-state index contributed by atoms with van der Waals surface area (Å²) in [6, 6.07) is 2.30. The Balaban J connectivity index is 2.31. The minimum Gasteiger partial charge on any atom is -0.314 e. The Labute approximate surface area is 105 Å². The number of rotatable bonds is 2. The van der Waals surface area contributed by atoms with Gasteiger partial charge in [-0.15, -0.1) is 0 Å². The Morgan fingerprint density at radius 2 is 2.25 bits per heavy atom. The van der Waals surface area contributed by atoms with Gasteiger partial charge in [0.25, 0.3) is 0 Å². The molecule has 0 spiro atoms. The maximum Gasteiger partial charge on any atom is 0.129 e. The van der Waals surface area contributed by atoms with Crippen molar-refractivity contribution < 1.29 is 4.39 Å². The van der Waals surface area contributed by atoms with Crippen molar-refractivity contribution in [2.24, 2.45) is 0 Å². The zero-order valence-corrected chi connectivity index (χ0v) is 11.3. The van der Waals surface area contributed by atoms with Crippen molar-refractivity contribution in [2.45, 2.75) is 39.2 Å². The fraction of sp³-hybridized carbons (Fsp3) is 0.538. The number of nitrogens with one attached hydrogen (secondary N) is 1. The Bertz CT molecular complexity index is 371. The number of hydrogen-bond acceptors (Lipinski definition) is 1. The van der Waals surface area contributed by atoms with E-state index >= 15 is 0 Å². The molecule has 16 heavy (non-hydrogen) atoms. The molecule has 1 unspecified atom stereocenters. The lowest BCUT2D eigenvalue weighted by molar-refractivity contribution is 0.553. The number of aryl methyl sites for hydroxylation is 1. The summed E-state index contributed by atoms with van der Waals surface area (Å²) in [6.07, 6.45) is 3.17. The average Bonchev–Trinajstić information content (AvgIpc) is 2.74. The summed E-state index contributed by atoms with van der Waals surface area (Å²) in [5.41, 5.74) is 2.63. The highest BCUT2D eigenvalue weighted by Crippen LogP contribution is 2.27. The maximum atomic E-state index is 14.0. The highest BCUT2D eigenvalue weighted by molar-refractivity contribution is 9.10. The lowest BCUT2D eigenvalue weighted by atomic mass is 9.97. The average molecular weight is 286 g/mol. The fourth-order valence-corrected chi connectivity index (χ4v) is 2.91. The van der Waals surface area contributed by atoms with Crippen molar-refractivity contribution in [1.29, 1.82) is 0 Å². The van der Waals surface area contributed by atoms with Crippen LogP contribution in [0.2, 0.25) is 0 Å². The third-order valence-corrected chi connectivity index (χ3v) is 4.20. The van der Waals surface area contributed by atoms with Crippen LogP contribution in [-0.2, 0) is 6.42 Å². The van der Waals surface area contributed by atoms with E-state index in [4.69, 9.17) is 0 Å². The highest BCUT2D eigenvalue weighted by atomic mass is 79.9. The quantitative estimate of drug-likeness (QED) is 0.877.